The molecule has 3 aromatic carbocycles. The molecule has 0 bridgehead atoms. The van der Waals surface area contributed by atoms with Gasteiger partial charge in [0.15, 0.2) is 0 Å². The molecule has 0 radical (unpaired) electrons. The zero-order chi connectivity index (χ0) is 22.9. The molecule has 0 unspecified atom stereocenters. The standard InChI is InChI=1S/C26H24N4O3/c1-33-20-12-8-18(9-13-20)16-29-22-5-3-2-4-21(22)24-23(26(29)32)25(27)30(28-24)19-10-6-17(7-11-19)14-15-31/h2-13,31H,14-16,27H2,1H3. The summed E-state index contributed by atoms with van der Waals surface area (Å²) >= 11 is 0. The lowest BCUT2D eigenvalue weighted by molar-refractivity contribution is 0.299. The van der Waals surface area contributed by atoms with Crippen molar-refractivity contribution in [3.8, 4) is 11.4 Å². The molecule has 0 aliphatic rings. The number of hydrogen-bond donors (Lipinski definition) is 2. The Balaban J connectivity index is 1.69. The number of nitrogens with two attached hydrogens (primary N) is 1. The van der Waals surface area contributed by atoms with Gasteiger partial charge in [0.05, 0.1) is 24.9 Å². The first-order valence-corrected chi connectivity index (χ1v) is 10.7. The summed E-state index contributed by atoms with van der Waals surface area (Å²) in [6, 6.07) is 23.0. The van der Waals surface area contributed by atoms with Crippen LogP contribution in [0.3, 0.4) is 0 Å². The van der Waals surface area contributed by atoms with E-state index >= 15 is 0 Å². The van der Waals surface area contributed by atoms with Gasteiger partial charge in [-0.2, -0.15) is 5.10 Å². The summed E-state index contributed by atoms with van der Waals surface area (Å²) < 4.78 is 8.60. The summed E-state index contributed by atoms with van der Waals surface area (Å²) in [7, 11) is 1.63. The molecule has 5 aromatic rings. The van der Waals surface area contributed by atoms with E-state index in [4.69, 9.17) is 20.7 Å². The zero-order valence-electron chi connectivity index (χ0n) is 18.2. The van der Waals surface area contributed by atoms with Crippen molar-refractivity contribution >= 4 is 27.6 Å². The number of aliphatic hydroxyl groups excluding tert-OH is 1. The number of pyridine rings is 1. The monoisotopic (exact) mass is 440 g/mol. The quantitative estimate of drug-likeness (QED) is 0.421. The number of fused-ring (bicyclic) bond motifs is 3. The number of nitrogens with zero attached hydrogens (tertiary/aromatic N) is 3. The predicted molar refractivity (Wildman–Crippen MR) is 130 cm³/mol. The van der Waals surface area contributed by atoms with Crippen molar-refractivity contribution in [1.82, 2.24) is 14.3 Å². The van der Waals surface area contributed by atoms with Crippen LogP contribution in [0.15, 0.2) is 77.6 Å². The number of nitrogen functional groups attached to an aromatic ring is 1. The van der Waals surface area contributed by atoms with Crippen LogP contribution in [0.25, 0.3) is 27.5 Å². The third-order valence-electron chi connectivity index (χ3n) is 5.91. The van der Waals surface area contributed by atoms with E-state index in [9.17, 15) is 4.79 Å². The third kappa shape index (κ3) is 3.62. The number of anilines is 1. The summed E-state index contributed by atoms with van der Waals surface area (Å²) in [5.74, 6) is 1.07. The lowest BCUT2D eigenvalue weighted by Crippen LogP contribution is -2.22. The molecule has 0 saturated carbocycles. The van der Waals surface area contributed by atoms with Crippen LogP contribution in [-0.2, 0) is 13.0 Å². The largest absolute Gasteiger partial charge is 0.497 e. The second-order valence-corrected chi connectivity index (χ2v) is 7.92. The highest BCUT2D eigenvalue weighted by Gasteiger charge is 2.19. The van der Waals surface area contributed by atoms with Gasteiger partial charge in [0, 0.05) is 12.0 Å². The molecule has 0 amide bonds. The first-order chi connectivity index (χ1) is 16.1. The van der Waals surface area contributed by atoms with Gasteiger partial charge < -0.3 is 20.1 Å². The second kappa shape index (κ2) is 8.44. The number of benzene rings is 3. The topological polar surface area (TPSA) is 95.3 Å². The minimum atomic E-state index is -0.180. The number of aliphatic hydroxyl groups is 1. The maximum absolute atomic E-state index is 13.7. The lowest BCUT2D eigenvalue weighted by Gasteiger charge is -2.11. The molecule has 2 aromatic heterocycles. The van der Waals surface area contributed by atoms with Crippen molar-refractivity contribution < 1.29 is 9.84 Å². The molecule has 0 aliphatic carbocycles. The van der Waals surface area contributed by atoms with Gasteiger partial charge in [0.25, 0.3) is 5.56 Å². The van der Waals surface area contributed by atoms with Gasteiger partial charge in [0.1, 0.15) is 22.5 Å². The number of rotatable bonds is 6. The molecule has 0 atom stereocenters. The Morgan fingerprint density at radius 2 is 1.67 bits per heavy atom. The minimum Gasteiger partial charge on any atom is -0.497 e. The number of ether oxygens (including phenoxy) is 1. The van der Waals surface area contributed by atoms with E-state index in [1.54, 1.807) is 16.4 Å². The fraction of sp³-hybridized carbons (Fsp3) is 0.154. The molecular formula is C26H24N4O3. The highest BCUT2D eigenvalue weighted by Crippen LogP contribution is 2.28. The van der Waals surface area contributed by atoms with Crippen LogP contribution in [0, 0.1) is 0 Å². The van der Waals surface area contributed by atoms with Crippen molar-refractivity contribution in [2.24, 2.45) is 0 Å². The predicted octanol–water partition coefficient (Wildman–Crippen LogP) is 3.51. The van der Waals surface area contributed by atoms with Crippen LogP contribution in [0.5, 0.6) is 5.75 Å². The van der Waals surface area contributed by atoms with Crippen LogP contribution in [0.4, 0.5) is 5.82 Å². The van der Waals surface area contributed by atoms with Crippen LogP contribution in [0.1, 0.15) is 11.1 Å². The van der Waals surface area contributed by atoms with E-state index in [0.717, 1.165) is 33.5 Å². The van der Waals surface area contributed by atoms with Crippen molar-refractivity contribution in [3.63, 3.8) is 0 Å². The number of methoxy groups -OCH3 is 1. The molecule has 33 heavy (non-hydrogen) atoms. The summed E-state index contributed by atoms with van der Waals surface area (Å²) in [6.45, 7) is 0.493. The summed E-state index contributed by atoms with van der Waals surface area (Å²) in [5.41, 5.74) is 10.4. The molecule has 0 saturated heterocycles. The van der Waals surface area contributed by atoms with Gasteiger partial charge in [-0.05, 0) is 47.9 Å². The van der Waals surface area contributed by atoms with Gasteiger partial charge in [-0.25, -0.2) is 4.68 Å². The molecule has 0 aliphatic heterocycles. The average Bonchev–Trinajstić information content (AvgIpc) is 3.20. The number of para-hydroxylation sites is 1. The van der Waals surface area contributed by atoms with Gasteiger partial charge in [-0.15, -0.1) is 0 Å². The molecule has 3 N–H and O–H groups in total. The maximum atomic E-state index is 13.7. The minimum absolute atomic E-state index is 0.0901. The summed E-state index contributed by atoms with van der Waals surface area (Å²) in [6.07, 6.45) is 0.581. The Kier molecular flexibility index (Phi) is 5.32. The van der Waals surface area contributed by atoms with Crippen LogP contribution in [0.2, 0.25) is 0 Å². The molecule has 7 heteroatoms. The summed E-state index contributed by atoms with van der Waals surface area (Å²) in [5, 5.41) is 15.2. The molecule has 0 fully saturated rings. The summed E-state index contributed by atoms with van der Waals surface area (Å²) in [4.78, 5) is 13.7. The van der Waals surface area contributed by atoms with E-state index in [0.29, 0.717) is 29.7 Å². The molecule has 0 spiro atoms. The van der Waals surface area contributed by atoms with E-state index < -0.39 is 0 Å². The Hall–Kier alpha value is -4.10. The zero-order valence-corrected chi connectivity index (χ0v) is 18.2. The molecule has 7 nitrogen and oxygen atoms in total. The normalized spacial score (nSPS) is 11.3. The Labute approximate surface area is 190 Å². The fourth-order valence-corrected chi connectivity index (χ4v) is 4.18. The maximum Gasteiger partial charge on any atom is 0.264 e. The van der Waals surface area contributed by atoms with Gasteiger partial charge in [-0.1, -0.05) is 42.5 Å². The first-order valence-electron chi connectivity index (χ1n) is 10.7. The van der Waals surface area contributed by atoms with Gasteiger partial charge >= 0.3 is 0 Å². The SMILES string of the molecule is COc1ccc(Cn2c(=O)c3c(N)n(-c4ccc(CCO)cc4)nc3c3ccccc32)cc1. The molecule has 5 rings (SSSR count). The van der Waals surface area contributed by atoms with Gasteiger partial charge in [0.2, 0.25) is 0 Å². The highest BCUT2D eigenvalue weighted by molar-refractivity contribution is 6.07. The molecular weight excluding hydrogens is 416 g/mol. The fourth-order valence-electron chi connectivity index (χ4n) is 4.18. The van der Waals surface area contributed by atoms with Crippen molar-refractivity contribution in [2.75, 3.05) is 19.5 Å². The van der Waals surface area contributed by atoms with Crippen molar-refractivity contribution in [1.29, 1.82) is 0 Å². The van der Waals surface area contributed by atoms with E-state index in [1.165, 1.54) is 0 Å². The van der Waals surface area contributed by atoms with Crippen LogP contribution >= 0.6 is 0 Å². The molecule has 2 heterocycles. The molecule has 166 valence electrons. The van der Waals surface area contributed by atoms with Gasteiger partial charge in [-0.3, -0.25) is 4.79 Å². The smallest absolute Gasteiger partial charge is 0.264 e. The van der Waals surface area contributed by atoms with Crippen molar-refractivity contribution in [3.05, 3.63) is 94.3 Å². The number of aromatic nitrogens is 3. The van der Waals surface area contributed by atoms with E-state index in [2.05, 4.69) is 0 Å². The van der Waals surface area contributed by atoms with Crippen molar-refractivity contribution in [2.45, 2.75) is 13.0 Å². The third-order valence-corrected chi connectivity index (χ3v) is 5.91. The Bertz CT molecular complexity index is 1500. The van der Waals surface area contributed by atoms with E-state index in [1.807, 2.05) is 72.8 Å². The van der Waals surface area contributed by atoms with Crippen LogP contribution in [-0.4, -0.2) is 33.2 Å². The lowest BCUT2D eigenvalue weighted by atomic mass is 10.1. The number of hydrogen-bond acceptors (Lipinski definition) is 5. The van der Waals surface area contributed by atoms with E-state index in [-0.39, 0.29) is 12.2 Å². The van der Waals surface area contributed by atoms with Crippen LogP contribution < -0.4 is 16.0 Å². The average molecular weight is 441 g/mol. The first kappa shape index (κ1) is 20.8. The Morgan fingerprint density at radius 1 is 0.970 bits per heavy atom. The Morgan fingerprint density at radius 3 is 2.36 bits per heavy atom. The highest BCUT2D eigenvalue weighted by atomic mass is 16.5. The second-order valence-electron chi connectivity index (χ2n) is 7.92.